The van der Waals surface area contributed by atoms with Crippen LogP contribution in [0.25, 0.3) is 0 Å². The zero-order valence-electron chi connectivity index (χ0n) is 11.7. The van der Waals surface area contributed by atoms with Crippen LogP contribution in [0.1, 0.15) is 33.1 Å². The molecule has 0 aliphatic carbocycles. The maximum Gasteiger partial charge on any atom is 0.150 e. The third-order valence-electron chi connectivity index (χ3n) is 3.66. The van der Waals surface area contributed by atoms with Gasteiger partial charge in [0.05, 0.1) is 11.5 Å². The van der Waals surface area contributed by atoms with E-state index < -0.39 is 9.84 Å². The largest absolute Gasteiger partial charge is 0.382 e. The van der Waals surface area contributed by atoms with Crippen LogP contribution in [0.15, 0.2) is 0 Å². The Bertz CT molecular complexity index is 316. The summed E-state index contributed by atoms with van der Waals surface area (Å²) < 4.78 is 28.5. The van der Waals surface area contributed by atoms with Gasteiger partial charge in [-0.3, -0.25) is 0 Å². The summed E-state index contributed by atoms with van der Waals surface area (Å²) in [6, 6.07) is 0. The molecule has 1 aliphatic rings. The first-order chi connectivity index (χ1) is 8.59. The monoisotopic (exact) mass is 277 g/mol. The van der Waals surface area contributed by atoms with Crippen molar-refractivity contribution in [2.45, 2.75) is 33.1 Å². The fourth-order valence-electron chi connectivity index (χ4n) is 2.62. The predicted octanol–water partition coefficient (Wildman–Crippen LogP) is 1.46. The van der Waals surface area contributed by atoms with Crippen LogP contribution in [0.4, 0.5) is 0 Å². The number of nitrogens with one attached hydrogen (secondary N) is 1. The highest BCUT2D eigenvalue weighted by Crippen LogP contribution is 2.28. The molecule has 108 valence electrons. The fraction of sp³-hybridized carbons (Fsp3) is 1.00. The van der Waals surface area contributed by atoms with Gasteiger partial charge in [-0.15, -0.1) is 0 Å². The lowest BCUT2D eigenvalue weighted by Gasteiger charge is -2.22. The van der Waals surface area contributed by atoms with Crippen molar-refractivity contribution >= 4 is 9.84 Å². The number of ether oxygens (including phenoxy) is 1. The standard InChI is InChI=1S/C13H27NO3S/c1-3-14-10-12(6-5-8-17-4-2)13-7-9-18(15,16)11-13/h12-14H,3-11H2,1-2H3. The molecule has 0 saturated carbocycles. The van der Waals surface area contributed by atoms with Crippen molar-refractivity contribution in [3.8, 4) is 0 Å². The van der Waals surface area contributed by atoms with E-state index in [2.05, 4.69) is 12.2 Å². The molecule has 0 amide bonds. The number of hydrogen-bond acceptors (Lipinski definition) is 4. The highest BCUT2D eigenvalue weighted by atomic mass is 32.2. The van der Waals surface area contributed by atoms with E-state index in [-0.39, 0.29) is 0 Å². The molecule has 0 aromatic heterocycles. The molecule has 1 rings (SSSR count). The molecule has 1 fully saturated rings. The molecular formula is C13H27NO3S. The molecule has 1 heterocycles. The minimum atomic E-state index is -2.76. The highest BCUT2D eigenvalue weighted by Gasteiger charge is 2.32. The first-order valence-electron chi connectivity index (χ1n) is 7.08. The molecule has 0 aromatic rings. The SMILES string of the molecule is CCNCC(CCCOCC)C1CCS(=O)(=O)C1. The van der Waals surface area contributed by atoms with Crippen LogP contribution in [0.5, 0.6) is 0 Å². The van der Waals surface area contributed by atoms with Gasteiger partial charge in [0.25, 0.3) is 0 Å². The molecule has 2 unspecified atom stereocenters. The molecule has 4 nitrogen and oxygen atoms in total. The van der Waals surface area contributed by atoms with Crippen LogP contribution in [-0.4, -0.2) is 46.2 Å². The molecule has 1 aliphatic heterocycles. The molecule has 18 heavy (non-hydrogen) atoms. The van der Waals surface area contributed by atoms with Crippen molar-refractivity contribution in [3.05, 3.63) is 0 Å². The molecular weight excluding hydrogens is 250 g/mol. The van der Waals surface area contributed by atoms with Crippen molar-refractivity contribution in [3.63, 3.8) is 0 Å². The molecule has 0 spiro atoms. The molecule has 0 radical (unpaired) electrons. The number of hydrogen-bond donors (Lipinski definition) is 1. The first kappa shape index (κ1) is 15.9. The summed E-state index contributed by atoms with van der Waals surface area (Å²) in [6.45, 7) is 7.51. The van der Waals surface area contributed by atoms with E-state index in [1.807, 2.05) is 6.92 Å². The van der Waals surface area contributed by atoms with Gasteiger partial charge >= 0.3 is 0 Å². The lowest BCUT2D eigenvalue weighted by molar-refractivity contribution is 0.136. The fourth-order valence-corrected chi connectivity index (χ4v) is 4.54. The Morgan fingerprint density at radius 3 is 2.72 bits per heavy atom. The summed E-state index contributed by atoms with van der Waals surface area (Å²) in [4.78, 5) is 0. The van der Waals surface area contributed by atoms with Crippen molar-refractivity contribution in [2.75, 3.05) is 37.8 Å². The van der Waals surface area contributed by atoms with Crippen LogP contribution >= 0.6 is 0 Å². The zero-order chi connectivity index (χ0) is 13.4. The normalized spacial score (nSPS) is 24.2. The second-order valence-electron chi connectivity index (χ2n) is 5.07. The second kappa shape index (κ2) is 8.12. The van der Waals surface area contributed by atoms with Gasteiger partial charge in [-0.1, -0.05) is 6.92 Å². The Labute approximate surface area is 111 Å². The average Bonchev–Trinajstić information content (AvgIpc) is 2.69. The summed E-state index contributed by atoms with van der Waals surface area (Å²) in [5.41, 5.74) is 0. The summed E-state index contributed by atoms with van der Waals surface area (Å²) in [5, 5.41) is 3.36. The van der Waals surface area contributed by atoms with Gasteiger partial charge < -0.3 is 10.1 Å². The number of sulfone groups is 1. The van der Waals surface area contributed by atoms with E-state index in [1.165, 1.54) is 0 Å². The van der Waals surface area contributed by atoms with E-state index in [1.54, 1.807) is 0 Å². The van der Waals surface area contributed by atoms with Crippen molar-refractivity contribution in [1.29, 1.82) is 0 Å². The minimum absolute atomic E-state index is 0.343. The van der Waals surface area contributed by atoms with Crippen LogP contribution < -0.4 is 5.32 Å². The molecule has 1 N–H and O–H groups in total. The maximum absolute atomic E-state index is 11.6. The van der Waals surface area contributed by atoms with Gasteiger partial charge in [0, 0.05) is 13.2 Å². The Balaban J connectivity index is 2.40. The molecule has 1 saturated heterocycles. The van der Waals surface area contributed by atoms with E-state index in [4.69, 9.17) is 4.74 Å². The Hall–Kier alpha value is -0.130. The van der Waals surface area contributed by atoms with Crippen molar-refractivity contribution in [2.24, 2.45) is 11.8 Å². The van der Waals surface area contributed by atoms with E-state index in [0.717, 1.165) is 45.6 Å². The van der Waals surface area contributed by atoms with E-state index in [9.17, 15) is 8.42 Å². The van der Waals surface area contributed by atoms with Crippen LogP contribution in [0.2, 0.25) is 0 Å². The van der Waals surface area contributed by atoms with Crippen LogP contribution in [0.3, 0.4) is 0 Å². The minimum Gasteiger partial charge on any atom is -0.382 e. The summed E-state index contributed by atoms with van der Waals surface area (Å²) in [6.07, 6.45) is 2.93. The van der Waals surface area contributed by atoms with Crippen LogP contribution in [-0.2, 0) is 14.6 Å². The van der Waals surface area contributed by atoms with Crippen LogP contribution in [0, 0.1) is 11.8 Å². The molecule has 5 heteroatoms. The van der Waals surface area contributed by atoms with Gasteiger partial charge in [0.2, 0.25) is 0 Å². The van der Waals surface area contributed by atoms with E-state index >= 15 is 0 Å². The van der Waals surface area contributed by atoms with Gasteiger partial charge in [-0.05, 0) is 51.1 Å². The summed E-state index contributed by atoms with van der Waals surface area (Å²) in [7, 11) is -2.76. The van der Waals surface area contributed by atoms with Gasteiger partial charge in [0.1, 0.15) is 0 Å². The lowest BCUT2D eigenvalue weighted by Crippen LogP contribution is -2.29. The van der Waals surface area contributed by atoms with Gasteiger partial charge in [-0.2, -0.15) is 0 Å². The third kappa shape index (κ3) is 5.67. The number of rotatable bonds is 9. The first-order valence-corrected chi connectivity index (χ1v) is 8.90. The molecule has 0 bridgehead atoms. The summed E-state index contributed by atoms with van der Waals surface area (Å²) in [5.74, 6) is 1.59. The Morgan fingerprint density at radius 1 is 1.39 bits per heavy atom. The lowest BCUT2D eigenvalue weighted by atomic mass is 9.88. The van der Waals surface area contributed by atoms with Gasteiger partial charge in [0.15, 0.2) is 9.84 Å². The Kier molecular flexibility index (Phi) is 7.19. The third-order valence-corrected chi connectivity index (χ3v) is 5.45. The maximum atomic E-state index is 11.6. The average molecular weight is 277 g/mol. The highest BCUT2D eigenvalue weighted by molar-refractivity contribution is 7.91. The Morgan fingerprint density at radius 2 is 2.17 bits per heavy atom. The zero-order valence-corrected chi connectivity index (χ0v) is 12.5. The smallest absolute Gasteiger partial charge is 0.150 e. The predicted molar refractivity (Wildman–Crippen MR) is 74.5 cm³/mol. The van der Waals surface area contributed by atoms with Gasteiger partial charge in [-0.25, -0.2) is 8.42 Å². The second-order valence-corrected chi connectivity index (χ2v) is 7.30. The van der Waals surface area contributed by atoms with E-state index in [0.29, 0.717) is 23.3 Å². The molecule has 0 aromatic carbocycles. The van der Waals surface area contributed by atoms with Crippen molar-refractivity contribution < 1.29 is 13.2 Å². The van der Waals surface area contributed by atoms with Crippen molar-refractivity contribution in [1.82, 2.24) is 5.32 Å². The molecule has 2 atom stereocenters. The summed E-state index contributed by atoms with van der Waals surface area (Å²) >= 11 is 0. The quantitative estimate of drug-likeness (QED) is 0.648. The topological polar surface area (TPSA) is 55.4 Å².